The van der Waals surface area contributed by atoms with Crippen molar-refractivity contribution in [3.63, 3.8) is 0 Å². The molecule has 0 aliphatic carbocycles. The number of carbonyl (C=O) groups is 1. The van der Waals surface area contributed by atoms with Crippen molar-refractivity contribution >= 4 is 5.97 Å². The van der Waals surface area contributed by atoms with E-state index in [4.69, 9.17) is 18.9 Å². The number of rotatable bonds is 16. The van der Waals surface area contributed by atoms with E-state index in [1.807, 2.05) is 58.0 Å². The summed E-state index contributed by atoms with van der Waals surface area (Å²) in [4.78, 5) is 12.1. The molecule has 0 aliphatic rings. The molecule has 0 fully saturated rings. The van der Waals surface area contributed by atoms with E-state index >= 15 is 0 Å². The van der Waals surface area contributed by atoms with Crippen LogP contribution in [0.1, 0.15) is 65.9 Å². The smallest absolute Gasteiger partial charge is 0.309 e. The lowest BCUT2D eigenvalue weighted by Gasteiger charge is -2.21. The molecular weight excluding hydrogens is 368 g/mol. The molecule has 0 saturated heterocycles. The standard InChI is InChI=1S/C24H40O5/c1-6-8-14-23(7-2)24(25)29-17-21(5)27-15-19(3)26-16-20(4)28-18-22-12-10-9-11-13-22/h9-13,19-21,23H,6-8,14-18H2,1-5H3. The van der Waals surface area contributed by atoms with Crippen LogP contribution in [-0.2, 0) is 30.3 Å². The monoisotopic (exact) mass is 408 g/mol. The van der Waals surface area contributed by atoms with Crippen molar-refractivity contribution in [3.8, 4) is 0 Å². The summed E-state index contributed by atoms with van der Waals surface area (Å²) in [6.45, 7) is 11.9. The number of hydrogen-bond acceptors (Lipinski definition) is 5. The number of hydrogen-bond donors (Lipinski definition) is 0. The molecule has 166 valence electrons. The van der Waals surface area contributed by atoms with Gasteiger partial charge in [0.15, 0.2) is 0 Å². The fraction of sp³-hybridized carbons (Fsp3) is 0.708. The normalized spacial score (nSPS) is 15.5. The van der Waals surface area contributed by atoms with E-state index in [-0.39, 0.29) is 36.8 Å². The van der Waals surface area contributed by atoms with Gasteiger partial charge >= 0.3 is 5.97 Å². The minimum atomic E-state index is -0.152. The summed E-state index contributed by atoms with van der Waals surface area (Å²) in [5, 5.41) is 0. The molecule has 1 rings (SSSR count). The lowest BCUT2D eigenvalue weighted by Crippen LogP contribution is -2.28. The van der Waals surface area contributed by atoms with Gasteiger partial charge in [-0.2, -0.15) is 0 Å². The van der Waals surface area contributed by atoms with Gasteiger partial charge in [-0.3, -0.25) is 4.79 Å². The van der Waals surface area contributed by atoms with Crippen molar-refractivity contribution in [3.05, 3.63) is 35.9 Å². The van der Waals surface area contributed by atoms with Crippen LogP contribution in [0, 0.1) is 5.92 Å². The van der Waals surface area contributed by atoms with Gasteiger partial charge in [-0.25, -0.2) is 0 Å². The number of ether oxygens (including phenoxy) is 4. The molecule has 4 unspecified atom stereocenters. The van der Waals surface area contributed by atoms with Crippen LogP contribution in [0.3, 0.4) is 0 Å². The molecule has 0 aromatic heterocycles. The Labute approximate surface area is 177 Å². The first-order valence-electron chi connectivity index (χ1n) is 11.0. The lowest BCUT2D eigenvalue weighted by atomic mass is 10.00. The van der Waals surface area contributed by atoms with Crippen LogP contribution in [0.4, 0.5) is 0 Å². The van der Waals surface area contributed by atoms with Gasteiger partial charge in [0.25, 0.3) is 0 Å². The molecule has 0 spiro atoms. The molecular formula is C24H40O5. The Morgan fingerprint density at radius 1 is 0.862 bits per heavy atom. The average molecular weight is 409 g/mol. The van der Waals surface area contributed by atoms with E-state index in [2.05, 4.69) is 6.92 Å². The SMILES string of the molecule is CCCCC(CC)C(=O)OCC(C)OCC(C)OCC(C)OCc1ccccc1. The molecule has 4 atom stereocenters. The number of benzene rings is 1. The van der Waals surface area contributed by atoms with Crippen LogP contribution >= 0.6 is 0 Å². The maximum atomic E-state index is 12.1. The predicted octanol–water partition coefficient (Wildman–Crippen LogP) is 5.16. The second-order valence-corrected chi connectivity index (χ2v) is 7.77. The van der Waals surface area contributed by atoms with E-state index in [1.165, 1.54) is 0 Å². The van der Waals surface area contributed by atoms with Crippen LogP contribution in [0.2, 0.25) is 0 Å². The third-order valence-corrected chi connectivity index (χ3v) is 4.80. The van der Waals surface area contributed by atoms with Crippen molar-refractivity contribution in [1.29, 1.82) is 0 Å². The number of carbonyl (C=O) groups excluding carboxylic acids is 1. The maximum absolute atomic E-state index is 12.1. The van der Waals surface area contributed by atoms with Gasteiger partial charge in [0.1, 0.15) is 6.61 Å². The molecule has 1 aromatic carbocycles. The van der Waals surface area contributed by atoms with Crippen LogP contribution in [0.25, 0.3) is 0 Å². The molecule has 5 heteroatoms. The Morgan fingerprint density at radius 2 is 1.45 bits per heavy atom. The Hall–Kier alpha value is -1.43. The third kappa shape index (κ3) is 12.0. The minimum absolute atomic E-state index is 0.00165. The van der Waals surface area contributed by atoms with Crippen LogP contribution in [-0.4, -0.2) is 44.1 Å². The molecule has 0 heterocycles. The first-order valence-corrected chi connectivity index (χ1v) is 11.0. The van der Waals surface area contributed by atoms with Crippen LogP contribution < -0.4 is 0 Å². The Morgan fingerprint density at radius 3 is 2.03 bits per heavy atom. The summed E-state index contributed by atoms with van der Waals surface area (Å²) in [7, 11) is 0. The predicted molar refractivity (Wildman–Crippen MR) is 116 cm³/mol. The highest BCUT2D eigenvalue weighted by Crippen LogP contribution is 2.14. The summed E-state index contributed by atoms with van der Waals surface area (Å²) >= 11 is 0. The van der Waals surface area contributed by atoms with E-state index in [0.717, 1.165) is 31.2 Å². The quantitative estimate of drug-likeness (QED) is 0.354. The molecule has 5 nitrogen and oxygen atoms in total. The number of esters is 1. The Kier molecular flexibility index (Phi) is 13.6. The van der Waals surface area contributed by atoms with Gasteiger partial charge < -0.3 is 18.9 Å². The van der Waals surface area contributed by atoms with Crippen molar-refractivity contribution in [2.75, 3.05) is 19.8 Å². The van der Waals surface area contributed by atoms with E-state index < -0.39 is 0 Å². The zero-order valence-corrected chi connectivity index (χ0v) is 18.9. The fourth-order valence-corrected chi connectivity index (χ4v) is 2.81. The second-order valence-electron chi connectivity index (χ2n) is 7.77. The topological polar surface area (TPSA) is 54.0 Å². The first kappa shape index (κ1) is 25.6. The van der Waals surface area contributed by atoms with Gasteiger partial charge in [0.2, 0.25) is 0 Å². The minimum Gasteiger partial charge on any atom is -0.463 e. The van der Waals surface area contributed by atoms with Crippen molar-refractivity contribution in [1.82, 2.24) is 0 Å². The molecule has 1 aromatic rings. The molecule has 29 heavy (non-hydrogen) atoms. The summed E-state index contributed by atoms with van der Waals surface area (Å²) < 4.78 is 22.8. The van der Waals surface area contributed by atoms with Gasteiger partial charge in [-0.15, -0.1) is 0 Å². The van der Waals surface area contributed by atoms with Crippen molar-refractivity contribution in [2.24, 2.45) is 5.92 Å². The van der Waals surface area contributed by atoms with Crippen molar-refractivity contribution in [2.45, 2.75) is 85.2 Å². The van der Waals surface area contributed by atoms with Crippen LogP contribution in [0.5, 0.6) is 0 Å². The van der Waals surface area contributed by atoms with E-state index in [1.54, 1.807) is 0 Å². The zero-order valence-electron chi connectivity index (χ0n) is 18.9. The molecule has 0 bridgehead atoms. The van der Waals surface area contributed by atoms with Crippen LogP contribution in [0.15, 0.2) is 30.3 Å². The highest BCUT2D eigenvalue weighted by molar-refractivity contribution is 5.72. The Bertz CT molecular complexity index is 533. The molecule has 0 amide bonds. The molecule has 0 aliphatic heterocycles. The van der Waals surface area contributed by atoms with Gasteiger partial charge in [-0.05, 0) is 39.2 Å². The fourth-order valence-electron chi connectivity index (χ4n) is 2.81. The van der Waals surface area contributed by atoms with E-state index in [9.17, 15) is 4.79 Å². The Balaban J connectivity index is 2.14. The lowest BCUT2D eigenvalue weighted by molar-refractivity contribution is -0.154. The van der Waals surface area contributed by atoms with Gasteiger partial charge in [0, 0.05) is 0 Å². The maximum Gasteiger partial charge on any atom is 0.309 e. The highest BCUT2D eigenvalue weighted by atomic mass is 16.6. The summed E-state index contributed by atoms with van der Waals surface area (Å²) in [5.41, 5.74) is 1.15. The van der Waals surface area contributed by atoms with Gasteiger partial charge in [-0.1, -0.05) is 57.0 Å². The number of unbranched alkanes of at least 4 members (excludes halogenated alkanes) is 1. The van der Waals surface area contributed by atoms with Crippen molar-refractivity contribution < 1.29 is 23.7 Å². The largest absolute Gasteiger partial charge is 0.463 e. The first-order chi connectivity index (χ1) is 14.0. The summed E-state index contributed by atoms with van der Waals surface area (Å²) in [5.74, 6) is -0.105. The molecule has 0 N–H and O–H groups in total. The molecule has 0 saturated carbocycles. The average Bonchev–Trinajstić information content (AvgIpc) is 2.74. The van der Waals surface area contributed by atoms with E-state index in [0.29, 0.717) is 19.8 Å². The molecule has 0 radical (unpaired) electrons. The highest BCUT2D eigenvalue weighted by Gasteiger charge is 2.18. The summed E-state index contributed by atoms with van der Waals surface area (Å²) in [6.07, 6.45) is 3.67. The van der Waals surface area contributed by atoms with Gasteiger partial charge in [0.05, 0.1) is 44.1 Å². The zero-order chi connectivity index (χ0) is 21.5. The second kappa shape index (κ2) is 15.4. The third-order valence-electron chi connectivity index (χ3n) is 4.80. The summed E-state index contributed by atoms with van der Waals surface area (Å²) in [6, 6.07) is 10.1.